The van der Waals surface area contributed by atoms with E-state index in [0.717, 1.165) is 40.2 Å². The molecule has 55 heavy (non-hydrogen) atoms. The first-order valence-corrected chi connectivity index (χ1v) is 19.0. The number of rotatable bonds is 6. The predicted octanol–water partition coefficient (Wildman–Crippen LogP) is 12.1. The molecule has 9 aromatic rings. The number of hydrogen-bond acceptors (Lipinski definition) is 2. The Kier molecular flexibility index (Phi) is 7.17. The van der Waals surface area contributed by atoms with Gasteiger partial charge in [-0.3, -0.25) is 0 Å². The van der Waals surface area contributed by atoms with Gasteiger partial charge in [0.2, 0.25) is 0 Å². The molecule has 6 aromatic carbocycles. The largest absolute Gasteiger partial charge is 0.316 e. The van der Waals surface area contributed by atoms with Gasteiger partial charge in [-0.05, 0) is 53.8 Å². The Hall–Kier alpha value is -7.04. The molecule has 0 fully saturated rings. The first-order chi connectivity index (χ1) is 27.3. The van der Waals surface area contributed by atoms with Crippen LogP contribution in [0.15, 0.2) is 200 Å². The van der Waals surface area contributed by atoms with Gasteiger partial charge in [0.05, 0.1) is 33.5 Å². The summed E-state index contributed by atoms with van der Waals surface area (Å²) in [5, 5.41) is 2.49. The van der Waals surface area contributed by atoms with E-state index in [2.05, 4.69) is 185 Å². The van der Waals surface area contributed by atoms with Crippen LogP contribution in [-0.4, -0.2) is 19.1 Å². The van der Waals surface area contributed by atoms with Crippen molar-refractivity contribution in [2.75, 3.05) is 0 Å². The van der Waals surface area contributed by atoms with Crippen molar-refractivity contribution in [2.45, 2.75) is 11.8 Å². The van der Waals surface area contributed by atoms with E-state index >= 15 is 0 Å². The maximum atomic E-state index is 5.21. The Labute approximate surface area is 320 Å². The molecular weight excluding hydrogens is 669 g/mol. The van der Waals surface area contributed by atoms with E-state index in [1.165, 1.54) is 44.3 Å². The lowest BCUT2D eigenvalue weighted by atomic mass is 9.63. The number of para-hydroxylation sites is 2. The van der Waals surface area contributed by atoms with E-state index < -0.39 is 5.41 Å². The molecule has 4 heterocycles. The molecule has 4 heteroatoms. The Morgan fingerprint density at radius 3 is 2.02 bits per heavy atom. The molecule has 1 aliphatic carbocycles. The Morgan fingerprint density at radius 1 is 0.564 bits per heavy atom. The van der Waals surface area contributed by atoms with Gasteiger partial charge in [0.15, 0.2) is 5.82 Å². The molecule has 3 aromatic heterocycles. The second-order valence-electron chi connectivity index (χ2n) is 14.6. The number of hydrogen-bond donors (Lipinski definition) is 0. The van der Waals surface area contributed by atoms with E-state index in [9.17, 15) is 0 Å². The quantitative estimate of drug-likeness (QED) is 0.173. The van der Waals surface area contributed by atoms with Gasteiger partial charge in [-0.1, -0.05) is 164 Å². The third-order valence-electron chi connectivity index (χ3n) is 11.6. The van der Waals surface area contributed by atoms with Gasteiger partial charge in [0.25, 0.3) is 0 Å². The molecule has 0 bridgehead atoms. The lowest BCUT2D eigenvalue weighted by molar-refractivity contribution is 0.452. The average molecular weight is 705 g/mol. The summed E-state index contributed by atoms with van der Waals surface area (Å²) in [6, 6.07) is 60.7. The molecule has 1 aliphatic heterocycles. The van der Waals surface area contributed by atoms with E-state index in [1.807, 2.05) is 24.3 Å². The molecule has 0 saturated carbocycles. The molecule has 2 unspecified atom stereocenters. The van der Waals surface area contributed by atoms with Crippen LogP contribution in [0.3, 0.4) is 0 Å². The van der Waals surface area contributed by atoms with E-state index in [-0.39, 0.29) is 5.92 Å². The van der Waals surface area contributed by atoms with Crippen LogP contribution in [0.2, 0.25) is 0 Å². The average Bonchev–Trinajstić information content (AvgIpc) is 3.90. The zero-order chi connectivity index (χ0) is 36.3. The molecule has 260 valence electrons. The van der Waals surface area contributed by atoms with Crippen LogP contribution in [0.4, 0.5) is 0 Å². The molecule has 0 saturated heterocycles. The zero-order valence-electron chi connectivity index (χ0n) is 30.1. The van der Waals surface area contributed by atoms with Crippen molar-refractivity contribution in [3.8, 4) is 45.3 Å². The van der Waals surface area contributed by atoms with E-state index in [1.54, 1.807) is 0 Å². The fourth-order valence-electron chi connectivity index (χ4n) is 9.27. The van der Waals surface area contributed by atoms with Gasteiger partial charge in [-0.2, -0.15) is 0 Å². The van der Waals surface area contributed by atoms with Crippen molar-refractivity contribution in [2.24, 2.45) is 5.92 Å². The van der Waals surface area contributed by atoms with Gasteiger partial charge in [0, 0.05) is 45.0 Å². The summed E-state index contributed by atoms with van der Waals surface area (Å²) in [5.41, 5.74) is 13.2. The number of fused-ring (bicyclic) bond motifs is 7. The van der Waals surface area contributed by atoms with Crippen LogP contribution in [0.25, 0.3) is 67.1 Å². The summed E-state index contributed by atoms with van der Waals surface area (Å²) >= 11 is 0. The van der Waals surface area contributed by atoms with Crippen LogP contribution in [-0.2, 0) is 5.41 Å². The lowest BCUT2D eigenvalue weighted by Gasteiger charge is -2.38. The van der Waals surface area contributed by atoms with Crippen LogP contribution in [0, 0.1) is 5.92 Å². The second kappa shape index (κ2) is 12.5. The minimum atomic E-state index is -0.424. The third kappa shape index (κ3) is 4.78. The minimum Gasteiger partial charge on any atom is -0.316 e. The highest BCUT2D eigenvalue weighted by atomic mass is 15.1. The molecule has 0 spiro atoms. The fraction of sp³-hybridized carbons (Fsp3) is 0.0588. The molecular formula is C51H36N4. The Morgan fingerprint density at radius 2 is 1.24 bits per heavy atom. The maximum Gasteiger partial charge on any atom is 0.160 e. The summed E-state index contributed by atoms with van der Waals surface area (Å²) in [6.45, 7) is 0. The van der Waals surface area contributed by atoms with Crippen LogP contribution in [0.5, 0.6) is 0 Å². The highest BCUT2D eigenvalue weighted by Gasteiger charge is 2.51. The molecule has 0 N–H and O–H groups in total. The summed E-state index contributed by atoms with van der Waals surface area (Å²) in [5.74, 6) is 0.924. The minimum absolute atomic E-state index is 0.215. The van der Waals surface area contributed by atoms with Crippen LogP contribution in [0.1, 0.15) is 23.2 Å². The van der Waals surface area contributed by atoms with Crippen molar-refractivity contribution in [3.63, 3.8) is 0 Å². The molecule has 2 atom stereocenters. The number of nitrogens with zero attached hydrogens (tertiary/aromatic N) is 4. The van der Waals surface area contributed by atoms with E-state index in [0.29, 0.717) is 5.82 Å². The van der Waals surface area contributed by atoms with Gasteiger partial charge >= 0.3 is 0 Å². The highest BCUT2D eigenvalue weighted by molar-refractivity contribution is 6.12. The third-order valence-corrected chi connectivity index (χ3v) is 11.6. The van der Waals surface area contributed by atoms with Crippen molar-refractivity contribution in [3.05, 3.63) is 217 Å². The topological polar surface area (TPSA) is 35.6 Å². The highest BCUT2D eigenvalue weighted by Crippen LogP contribution is 2.57. The molecule has 0 radical (unpaired) electrons. The van der Waals surface area contributed by atoms with Crippen LogP contribution < -0.4 is 0 Å². The molecule has 2 aliphatic rings. The fourth-order valence-corrected chi connectivity index (χ4v) is 9.27. The van der Waals surface area contributed by atoms with Gasteiger partial charge < -0.3 is 9.13 Å². The molecule has 0 amide bonds. The number of aromatic nitrogens is 4. The maximum absolute atomic E-state index is 5.21. The van der Waals surface area contributed by atoms with Crippen molar-refractivity contribution >= 4 is 21.8 Å². The van der Waals surface area contributed by atoms with Gasteiger partial charge in [-0.25, -0.2) is 9.97 Å². The van der Waals surface area contributed by atoms with Crippen molar-refractivity contribution in [1.29, 1.82) is 0 Å². The summed E-state index contributed by atoms with van der Waals surface area (Å²) in [4.78, 5) is 10.3. The Balaban J connectivity index is 1.19. The van der Waals surface area contributed by atoms with Gasteiger partial charge in [-0.15, -0.1) is 0 Å². The standard InChI is InChI=1S/C51H36N4/c1-5-18-35(19-6-1)44-33-45(53-50(52-44)36-20-7-2-8-21-36)37-22-17-27-40(32-37)55-46-30-15-13-28-41(46)42-34-54-47-31-16-14-29-43(47)51(49(54)48(42)55,38-23-9-3-10-24-38)39-25-11-4-12-26-39/h1-25,27-34,39H,26H2. The van der Waals surface area contributed by atoms with Gasteiger partial charge in [0.1, 0.15) is 0 Å². The van der Waals surface area contributed by atoms with Crippen molar-refractivity contribution in [1.82, 2.24) is 19.1 Å². The summed E-state index contributed by atoms with van der Waals surface area (Å²) in [6.07, 6.45) is 12.5. The number of allylic oxidation sites excluding steroid dienone is 4. The molecule has 11 rings (SSSR count). The first-order valence-electron chi connectivity index (χ1n) is 19.0. The summed E-state index contributed by atoms with van der Waals surface area (Å²) < 4.78 is 5.00. The van der Waals surface area contributed by atoms with Crippen molar-refractivity contribution < 1.29 is 0 Å². The normalized spacial score (nSPS) is 17.1. The van der Waals surface area contributed by atoms with E-state index in [4.69, 9.17) is 9.97 Å². The lowest BCUT2D eigenvalue weighted by Crippen LogP contribution is -2.36. The monoisotopic (exact) mass is 704 g/mol. The first kappa shape index (κ1) is 31.5. The second-order valence-corrected chi connectivity index (χ2v) is 14.6. The predicted molar refractivity (Wildman–Crippen MR) is 225 cm³/mol. The van der Waals surface area contributed by atoms with Crippen LogP contribution >= 0.6 is 0 Å². The Bertz CT molecular complexity index is 2890. The smallest absolute Gasteiger partial charge is 0.160 e. The SMILES string of the molecule is C1=CCC(C2(c3ccccc3)c3ccccc3-n3cc4c5ccccc5n(-c5cccc(-c6cc(-c7ccccc7)nc(-c7ccccc7)n6)c5)c4c32)C=C1. The zero-order valence-corrected chi connectivity index (χ0v) is 30.1. The molecule has 4 nitrogen and oxygen atoms in total. The number of benzene rings is 6. The summed E-state index contributed by atoms with van der Waals surface area (Å²) in [7, 11) is 0.